The quantitative estimate of drug-likeness (QED) is 0.829. The lowest BCUT2D eigenvalue weighted by Gasteiger charge is -2.02. The number of aromatic nitrogens is 2. The molecule has 2 aromatic heterocycles. The van der Waals surface area contributed by atoms with E-state index in [0.29, 0.717) is 0 Å². The van der Waals surface area contributed by atoms with Crippen LogP contribution in [0.15, 0.2) is 27.8 Å². The third-order valence-corrected chi connectivity index (χ3v) is 3.59. The Bertz CT molecular complexity index is 463. The van der Waals surface area contributed by atoms with Crippen LogP contribution in [0, 0.1) is 6.92 Å². The monoisotopic (exact) mass is 238 g/mol. The SMILES string of the molecule is Cc1nn(C)c(SCc2ccco2)c1CO. The normalized spacial score (nSPS) is 10.9. The molecule has 0 unspecified atom stereocenters. The van der Waals surface area contributed by atoms with Crippen molar-refractivity contribution in [2.75, 3.05) is 0 Å². The van der Waals surface area contributed by atoms with Gasteiger partial charge in [-0.25, -0.2) is 0 Å². The second kappa shape index (κ2) is 4.76. The van der Waals surface area contributed by atoms with Gasteiger partial charge in [0.15, 0.2) is 0 Å². The van der Waals surface area contributed by atoms with Crippen LogP contribution in [0.4, 0.5) is 0 Å². The summed E-state index contributed by atoms with van der Waals surface area (Å²) in [6.45, 7) is 1.93. The van der Waals surface area contributed by atoms with Crippen molar-refractivity contribution in [1.82, 2.24) is 9.78 Å². The molecule has 2 rings (SSSR count). The van der Waals surface area contributed by atoms with Crippen molar-refractivity contribution in [2.45, 2.75) is 24.3 Å². The molecule has 0 saturated heterocycles. The van der Waals surface area contributed by atoms with E-state index in [-0.39, 0.29) is 6.61 Å². The summed E-state index contributed by atoms with van der Waals surface area (Å²) in [6, 6.07) is 3.81. The highest BCUT2D eigenvalue weighted by Gasteiger charge is 2.13. The van der Waals surface area contributed by atoms with Crippen LogP contribution in [0.1, 0.15) is 17.0 Å². The number of aliphatic hydroxyl groups excluding tert-OH is 1. The van der Waals surface area contributed by atoms with E-state index in [0.717, 1.165) is 27.8 Å². The van der Waals surface area contributed by atoms with Gasteiger partial charge in [0.1, 0.15) is 5.76 Å². The lowest BCUT2D eigenvalue weighted by Crippen LogP contribution is -1.94. The molecule has 0 bridgehead atoms. The minimum Gasteiger partial charge on any atom is -0.468 e. The maximum Gasteiger partial charge on any atom is 0.114 e. The first-order valence-corrected chi connectivity index (χ1v) is 5.99. The Balaban J connectivity index is 2.14. The molecule has 5 heteroatoms. The fraction of sp³-hybridized carbons (Fsp3) is 0.364. The van der Waals surface area contributed by atoms with Crippen LogP contribution in [0.3, 0.4) is 0 Å². The number of thioether (sulfide) groups is 1. The number of hydrogen-bond donors (Lipinski definition) is 1. The molecule has 0 radical (unpaired) electrons. The number of furan rings is 1. The fourth-order valence-corrected chi connectivity index (χ4v) is 2.63. The fourth-order valence-electron chi connectivity index (χ4n) is 1.58. The first kappa shape index (κ1) is 11.3. The van der Waals surface area contributed by atoms with Crippen molar-refractivity contribution in [1.29, 1.82) is 0 Å². The lowest BCUT2D eigenvalue weighted by atomic mass is 10.3. The molecule has 0 aromatic carbocycles. The molecule has 0 spiro atoms. The number of rotatable bonds is 4. The van der Waals surface area contributed by atoms with E-state index in [1.54, 1.807) is 22.7 Å². The van der Waals surface area contributed by atoms with Crippen LogP contribution in [0.2, 0.25) is 0 Å². The maximum atomic E-state index is 9.28. The van der Waals surface area contributed by atoms with Crippen LogP contribution in [-0.2, 0) is 19.4 Å². The average molecular weight is 238 g/mol. The molecule has 0 atom stereocenters. The Kier molecular flexibility index (Phi) is 3.36. The Morgan fingerprint density at radius 3 is 3.00 bits per heavy atom. The molecular weight excluding hydrogens is 224 g/mol. The molecule has 0 aliphatic rings. The summed E-state index contributed by atoms with van der Waals surface area (Å²) in [5, 5.41) is 14.6. The van der Waals surface area contributed by atoms with Gasteiger partial charge in [0.25, 0.3) is 0 Å². The van der Waals surface area contributed by atoms with Crippen LogP contribution < -0.4 is 0 Å². The molecule has 0 fully saturated rings. The van der Waals surface area contributed by atoms with Gasteiger partial charge in [-0.1, -0.05) is 11.8 Å². The van der Waals surface area contributed by atoms with Gasteiger partial charge in [0.2, 0.25) is 0 Å². The van der Waals surface area contributed by atoms with Crippen LogP contribution in [0.25, 0.3) is 0 Å². The van der Waals surface area contributed by atoms with Gasteiger partial charge in [0.05, 0.1) is 29.3 Å². The molecule has 4 nitrogen and oxygen atoms in total. The average Bonchev–Trinajstić information content (AvgIpc) is 2.83. The highest BCUT2D eigenvalue weighted by atomic mass is 32.2. The molecule has 0 aliphatic heterocycles. The van der Waals surface area contributed by atoms with Crippen molar-refractivity contribution in [3.05, 3.63) is 35.4 Å². The minimum absolute atomic E-state index is 0.0279. The summed E-state index contributed by atoms with van der Waals surface area (Å²) >= 11 is 1.62. The van der Waals surface area contributed by atoms with Crippen molar-refractivity contribution < 1.29 is 9.52 Å². The largest absolute Gasteiger partial charge is 0.468 e. The van der Waals surface area contributed by atoms with Gasteiger partial charge in [-0.3, -0.25) is 4.68 Å². The Labute approximate surface area is 98.3 Å². The Morgan fingerprint density at radius 1 is 1.56 bits per heavy atom. The molecule has 0 amide bonds. The highest BCUT2D eigenvalue weighted by molar-refractivity contribution is 7.98. The molecular formula is C11H14N2O2S. The van der Waals surface area contributed by atoms with E-state index in [1.807, 2.05) is 26.1 Å². The Hall–Kier alpha value is -1.20. The third-order valence-electron chi connectivity index (χ3n) is 2.38. The van der Waals surface area contributed by atoms with Gasteiger partial charge in [0, 0.05) is 12.6 Å². The third kappa shape index (κ3) is 2.15. The zero-order valence-corrected chi connectivity index (χ0v) is 10.1. The number of hydrogen-bond acceptors (Lipinski definition) is 4. The van der Waals surface area contributed by atoms with Crippen molar-refractivity contribution in [3.8, 4) is 0 Å². The summed E-state index contributed by atoms with van der Waals surface area (Å²) in [4.78, 5) is 0. The topological polar surface area (TPSA) is 51.2 Å². The molecule has 16 heavy (non-hydrogen) atoms. The van der Waals surface area contributed by atoms with Gasteiger partial charge in [-0.2, -0.15) is 5.10 Å². The summed E-state index contributed by atoms with van der Waals surface area (Å²) in [7, 11) is 1.89. The summed E-state index contributed by atoms with van der Waals surface area (Å²) in [6.07, 6.45) is 1.66. The standard InChI is InChI=1S/C11H14N2O2S/c1-8-10(6-14)11(13(2)12-8)16-7-9-4-3-5-15-9/h3-5,14H,6-7H2,1-2H3. The van der Waals surface area contributed by atoms with Crippen LogP contribution in [0.5, 0.6) is 0 Å². The number of nitrogens with zero attached hydrogens (tertiary/aromatic N) is 2. The van der Waals surface area contributed by atoms with Gasteiger partial charge >= 0.3 is 0 Å². The number of aliphatic hydroxyl groups is 1. The van der Waals surface area contributed by atoms with Gasteiger partial charge in [-0.05, 0) is 19.1 Å². The maximum absolute atomic E-state index is 9.28. The van der Waals surface area contributed by atoms with Crippen molar-refractivity contribution in [3.63, 3.8) is 0 Å². The summed E-state index contributed by atoms with van der Waals surface area (Å²) < 4.78 is 7.06. The molecule has 2 heterocycles. The predicted octanol–water partition coefficient (Wildman–Crippen LogP) is 2.11. The molecule has 2 aromatic rings. The van der Waals surface area contributed by atoms with Crippen molar-refractivity contribution >= 4 is 11.8 Å². The van der Waals surface area contributed by atoms with E-state index in [4.69, 9.17) is 4.42 Å². The van der Waals surface area contributed by atoms with E-state index in [2.05, 4.69) is 5.10 Å². The van der Waals surface area contributed by atoms with Gasteiger partial charge < -0.3 is 9.52 Å². The zero-order valence-electron chi connectivity index (χ0n) is 9.30. The Morgan fingerprint density at radius 2 is 2.38 bits per heavy atom. The summed E-state index contributed by atoms with van der Waals surface area (Å²) in [5.74, 6) is 1.67. The van der Waals surface area contributed by atoms with Gasteiger partial charge in [-0.15, -0.1) is 0 Å². The number of aryl methyl sites for hydroxylation is 2. The molecule has 0 aliphatic carbocycles. The van der Waals surface area contributed by atoms with E-state index < -0.39 is 0 Å². The lowest BCUT2D eigenvalue weighted by molar-refractivity contribution is 0.277. The summed E-state index contributed by atoms with van der Waals surface area (Å²) in [5.41, 5.74) is 1.78. The highest BCUT2D eigenvalue weighted by Crippen LogP contribution is 2.27. The van der Waals surface area contributed by atoms with E-state index in [9.17, 15) is 5.11 Å². The molecule has 1 N–H and O–H groups in total. The van der Waals surface area contributed by atoms with E-state index >= 15 is 0 Å². The second-order valence-corrected chi connectivity index (χ2v) is 4.48. The first-order chi connectivity index (χ1) is 7.72. The second-order valence-electron chi connectivity index (χ2n) is 3.52. The van der Waals surface area contributed by atoms with Crippen LogP contribution in [-0.4, -0.2) is 14.9 Å². The predicted molar refractivity (Wildman–Crippen MR) is 62.1 cm³/mol. The minimum atomic E-state index is 0.0279. The smallest absolute Gasteiger partial charge is 0.114 e. The first-order valence-electron chi connectivity index (χ1n) is 5.01. The van der Waals surface area contributed by atoms with E-state index in [1.165, 1.54) is 0 Å². The molecule has 86 valence electrons. The van der Waals surface area contributed by atoms with Crippen LogP contribution >= 0.6 is 11.8 Å². The van der Waals surface area contributed by atoms with Crippen molar-refractivity contribution in [2.24, 2.45) is 7.05 Å². The zero-order chi connectivity index (χ0) is 11.5. The molecule has 0 saturated carbocycles.